The number of rotatable bonds is 4. The molecule has 0 saturated carbocycles. The van der Waals surface area contributed by atoms with E-state index in [0.29, 0.717) is 10.8 Å². The van der Waals surface area contributed by atoms with E-state index < -0.39 is 0 Å². The van der Waals surface area contributed by atoms with Crippen LogP contribution in [0.25, 0.3) is 49.1 Å². The molecule has 0 aliphatic carbocycles. The predicted molar refractivity (Wildman–Crippen MR) is 132 cm³/mol. The van der Waals surface area contributed by atoms with Crippen LogP contribution in [0.5, 0.6) is 5.75 Å². The van der Waals surface area contributed by atoms with E-state index in [9.17, 15) is 0 Å². The second kappa shape index (κ2) is 7.95. The first kappa shape index (κ1) is 19.8. The summed E-state index contributed by atoms with van der Waals surface area (Å²) < 4.78 is 7.08. The van der Waals surface area contributed by atoms with Crippen LogP contribution in [-0.4, -0.2) is 31.9 Å². The molecule has 0 amide bonds. The number of halogens is 1. The van der Waals surface area contributed by atoms with Crippen LogP contribution in [0.3, 0.4) is 0 Å². The summed E-state index contributed by atoms with van der Waals surface area (Å²) in [7, 11) is 1.66. The molecule has 0 aliphatic rings. The number of methoxy groups -OCH3 is 1. The van der Waals surface area contributed by atoms with Gasteiger partial charge in [0.15, 0.2) is 5.82 Å². The van der Waals surface area contributed by atoms with Crippen molar-refractivity contribution in [2.75, 3.05) is 7.11 Å². The number of hydrogen-bond acceptors (Lipinski definition) is 6. The zero-order valence-electron chi connectivity index (χ0n) is 17.4. The zero-order valence-corrected chi connectivity index (χ0v) is 19.0. The van der Waals surface area contributed by atoms with Gasteiger partial charge >= 0.3 is 0 Å². The lowest BCUT2D eigenvalue weighted by molar-refractivity contribution is 0.415. The van der Waals surface area contributed by atoms with Crippen molar-refractivity contribution in [3.8, 4) is 39.0 Å². The predicted octanol–water partition coefficient (Wildman–Crippen LogP) is 6.40. The van der Waals surface area contributed by atoms with E-state index in [1.54, 1.807) is 11.6 Å². The van der Waals surface area contributed by atoms with Gasteiger partial charge in [-0.3, -0.25) is 0 Å². The molecule has 8 heteroatoms. The van der Waals surface area contributed by atoms with Crippen LogP contribution in [0.1, 0.15) is 0 Å². The van der Waals surface area contributed by atoms with Crippen LogP contribution >= 0.6 is 22.9 Å². The van der Waals surface area contributed by atoms with Gasteiger partial charge in [0.2, 0.25) is 4.96 Å². The number of fused-ring (bicyclic) bond motifs is 2. The summed E-state index contributed by atoms with van der Waals surface area (Å²) in [5.74, 6) is 1.49. The molecule has 6 rings (SSSR count). The number of benzene rings is 3. The van der Waals surface area contributed by atoms with E-state index in [-0.39, 0.29) is 0 Å². The largest absolute Gasteiger partial charge is 0.497 e. The first-order valence-corrected chi connectivity index (χ1v) is 11.4. The molecule has 3 aromatic carbocycles. The molecule has 0 aliphatic heterocycles. The Balaban J connectivity index is 1.52. The highest BCUT2D eigenvalue weighted by Gasteiger charge is 2.17. The molecule has 0 saturated heterocycles. The van der Waals surface area contributed by atoms with Crippen molar-refractivity contribution in [2.24, 2.45) is 0 Å². The normalized spacial score (nSPS) is 11.3. The van der Waals surface area contributed by atoms with E-state index in [1.807, 2.05) is 66.7 Å². The average molecular weight is 470 g/mol. The van der Waals surface area contributed by atoms with Crippen molar-refractivity contribution in [3.63, 3.8) is 0 Å². The lowest BCUT2D eigenvalue weighted by Gasteiger charge is -2.08. The van der Waals surface area contributed by atoms with Crippen LogP contribution in [0.4, 0.5) is 0 Å². The van der Waals surface area contributed by atoms with Gasteiger partial charge in [-0.05, 0) is 60.7 Å². The lowest BCUT2D eigenvalue weighted by Crippen LogP contribution is -1.93. The molecule has 6 nitrogen and oxygen atoms in total. The Morgan fingerprint density at radius 3 is 2.42 bits per heavy atom. The first-order valence-electron chi connectivity index (χ1n) is 10.2. The highest BCUT2D eigenvalue weighted by Crippen LogP contribution is 2.35. The summed E-state index contributed by atoms with van der Waals surface area (Å²) in [6.45, 7) is 0. The molecule has 0 N–H and O–H groups in total. The number of ether oxygens (including phenoxy) is 1. The van der Waals surface area contributed by atoms with Crippen molar-refractivity contribution < 1.29 is 4.74 Å². The van der Waals surface area contributed by atoms with E-state index in [4.69, 9.17) is 26.4 Å². The van der Waals surface area contributed by atoms with Gasteiger partial charge in [-0.15, -0.1) is 10.2 Å². The van der Waals surface area contributed by atoms with Crippen LogP contribution in [0.2, 0.25) is 5.02 Å². The maximum absolute atomic E-state index is 6.04. The molecule has 0 radical (unpaired) electrons. The van der Waals surface area contributed by atoms with Gasteiger partial charge in [0.1, 0.15) is 10.8 Å². The fourth-order valence-electron chi connectivity index (χ4n) is 3.77. The Kier molecular flexibility index (Phi) is 4.78. The molecule has 6 aromatic rings. The van der Waals surface area contributed by atoms with Crippen molar-refractivity contribution in [1.29, 1.82) is 0 Å². The number of hydrogen-bond donors (Lipinski definition) is 0. The molecular weight excluding hydrogens is 454 g/mol. The molecular formula is C25H16ClN5OS. The van der Waals surface area contributed by atoms with E-state index in [1.165, 1.54) is 11.3 Å². The van der Waals surface area contributed by atoms with Crippen LogP contribution in [0, 0.1) is 0 Å². The third-order valence-electron chi connectivity index (χ3n) is 5.43. The van der Waals surface area contributed by atoms with Gasteiger partial charge in [0, 0.05) is 27.1 Å². The Morgan fingerprint density at radius 2 is 1.64 bits per heavy atom. The summed E-state index contributed by atoms with van der Waals surface area (Å²) in [6.07, 6.45) is 0. The molecule has 0 spiro atoms. The SMILES string of the molecule is COc1ccc(-c2cc(-c3nn4c(-c5ccc(Cl)cc5)nnc4s3)c3ccccc3n2)cc1. The fraction of sp³-hybridized carbons (Fsp3) is 0.0400. The monoisotopic (exact) mass is 469 g/mol. The molecule has 160 valence electrons. The Morgan fingerprint density at radius 1 is 0.879 bits per heavy atom. The van der Waals surface area contributed by atoms with Crippen molar-refractivity contribution in [2.45, 2.75) is 0 Å². The second-order valence-electron chi connectivity index (χ2n) is 7.43. The smallest absolute Gasteiger partial charge is 0.235 e. The van der Waals surface area contributed by atoms with Crippen molar-refractivity contribution in [1.82, 2.24) is 24.8 Å². The molecule has 33 heavy (non-hydrogen) atoms. The summed E-state index contributed by atoms with van der Waals surface area (Å²) in [5, 5.41) is 16.1. The summed E-state index contributed by atoms with van der Waals surface area (Å²) in [6, 6.07) is 25.6. The molecule has 0 atom stereocenters. The topological polar surface area (TPSA) is 65.2 Å². The number of nitrogens with zero attached hydrogens (tertiary/aromatic N) is 5. The average Bonchev–Trinajstić information content (AvgIpc) is 3.45. The molecule has 0 bridgehead atoms. The van der Waals surface area contributed by atoms with Crippen LogP contribution < -0.4 is 4.74 Å². The minimum atomic E-state index is 0.674. The van der Waals surface area contributed by atoms with E-state index >= 15 is 0 Å². The molecule has 3 heterocycles. The standard InChI is InChI=1S/C25H16ClN5OS/c1-32-18-12-8-15(9-13-18)22-14-20(19-4-2-3-5-21(19)27-22)24-30-31-23(28-29-25(31)33-24)16-6-10-17(26)11-7-16/h2-14H,1H3. The highest BCUT2D eigenvalue weighted by atomic mass is 35.5. The fourth-order valence-corrected chi connectivity index (χ4v) is 4.76. The van der Waals surface area contributed by atoms with E-state index in [0.717, 1.165) is 49.0 Å². The Labute approximate surface area is 198 Å². The Hall–Kier alpha value is -3.81. The van der Waals surface area contributed by atoms with E-state index in [2.05, 4.69) is 22.3 Å². The second-order valence-corrected chi connectivity index (χ2v) is 8.83. The van der Waals surface area contributed by atoms with Crippen molar-refractivity contribution in [3.05, 3.63) is 83.9 Å². The van der Waals surface area contributed by atoms with Crippen LogP contribution in [0.15, 0.2) is 78.9 Å². The molecule has 3 aromatic heterocycles. The van der Waals surface area contributed by atoms with Crippen LogP contribution in [-0.2, 0) is 0 Å². The maximum Gasteiger partial charge on any atom is 0.235 e. The highest BCUT2D eigenvalue weighted by molar-refractivity contribution is 7.20. The van der Waals surface area contributed by atoms with Gasteiger partial charge in [-0.25, -0.2) is 4.98 Å². The minimum absolute atomic E-state index is 0.674. The van der Waals surface area contributed by atoms with Gasteiger partial charge in [-0.2, -0.15) is 9.61 Å². The number of pyridine rings is 1. The van der Waals surface area contributed by atoms with Gasteiger partial charge in [0.05, 0.1) is 18.3 Å². The molecule has 0 unspecified atom stereocenters. The lowest BCUT2D eigenvalue weighted by atomic mass is 10.0. The number of aromatic nitrogens is 5. The van der Waals surface area contributed by atoms with Gasteiger partial charge in [0.25, 0.3) is 0 Å². The number of para-hydroxylation sites is 1. The van der Waals surface area contributed by atoms with Crippen molar-refractivity contribution >= 4 is 38.8 Å². The summed E-state index contributed by atoms with van der Waals surface area (Å²) in [4.78, 5) is 5.61. The van der Waals surface area contributed by atoms with Gasteiger partial charge < -0.3 is 4.74 Å². The summed E-state index contributed by atoms with van der Waals surface area (Å²) in [5.41, 5.74) is 4.69. The maximum atomic E-state index is 6.04. The zero-order chi connectivity index (χ0) is 22.4. The van der Waals surface area contributed by atoms with Gasteiger partial charge in [-0.1, -0.05) is 41.1 Å². The summed E-state index contributed by atoms with van der Waals surface area (Å²) >= 11 is 7.54. The Bertz CT molecular complexity index is 1610. The first-order chi connectivity index (χ1) is 16.2. The quantitative estimate of drug-likeness (QED) is 0.299. The third-order valence-corrected chi connectivity index (χ3v) is 6.61. The molecule has 0 fully saturated rings. The minimum Gasteiger partial charge on any atom is -0.497 e. The third kappa shape index (κ3) is 3.51.